The largest absolute Gasteiger partial charge is 0.465 e. The van der Waals surface area contributed by atoms with Gasteiger partial charge in [-0.05, 0) is 23.8 Å². The zero-order chi connectivity index (χ0) is 16.7. The van der Waals surface area contributed by atoms with Crippen molar-refractivity contribution in [2.24, 2.45) is 0 Å². The number of carbonyl (C=O) groups excluding carboxylic acids is 1. The summed E-state index contributed by atoms with van der Waals surface area (Å²) < 4.78 is 6.05. The molecule has 0 radical (unpaired) electrons. The summed E-state index contributed by atoms with van der Waals surface area (Å²) in [6.45, 7) is 0. The molecule has 24 heavy (non-hydrogen) atoms. The molecule has 4 nitrogen and oxygen atoms in total. The summed E-state index contributed by atoms with van der Waals surface area (Å²) in [5, 5.41) is 3.29. The maximum absolute atomic E-state index is 12.2. The van der Waals surface area contributed by atoms with Gasteiger partial charge in [0.1, 0.15) is 0 Å². The molecule has 0 saturated carbocycles. The van der Waals surface area contributed by atoms with Gasteiger partial charge in [0.25, 0.3) is 0 Å². The van der Waals surface area contributed by atoms with Crippen LogP contribution in [0, 0.1) is 0 Å². The molecule has 0 bridgehead atoms. The molecule has 2 atom stereocenters. The van der Waals surface area contributed by atoms with Gasteiger partial charge in [-0.25, -0.2) is 4.79 Å². The standard InChI is InChI=1S/C19H17BrN2O2/c1-24-19(23)16-10-14-13-7-2-3-8-15(13)21-18(14)17(22-16)11-5-4-6-12(20)9-11/h2-9,16-17,21-22H,10H2,1H3/p+1/t16-,17-/m0/s1. The highest BCUT2D eigenvalue weighted by molar-refractivity contribution is 9.10. The number of aromatic amines is 1. The number of nitrogens with two attached hydrogens (primary N) is 1. The number of hydrogen-bond acceptors (Lipinski definition) is 2. The molecule has 0 spiro atoms. The van der Waals surface area contributed by atoms with Gasteiger partial charge in [0.05, 0.1) is 12.8 Å². The van der Waals surface area contributed by atoms with E-state index in [9.17, 15) is 4.79 Å². The van der Waals surface area contributed by atoms with Crippen molar-refractivity contribution in [2.75, 3.05) is 7.11 Å². The minimum Gasteiger partial charge on any atom is -0.465 e. The van der Waals surface area contributed by atoms with Crippen molar-refractivity contribution < 1.29 is 14.8 Å². The number of hydrogen-bond donors (Lipinski definition) is 2. The maximum atomic E-state index is 12.2. The molecule has 1 aliphatic heterocycles. The summed E-state index contributed by atoms with van der Waals surface area (Å²) >= 11 is 3.55. The highest BCUT2D eigenvalue weighted by Crippen LogP contribution is 2.32. The first kappa shape index (κ1) is 15.4. The van der Waals surface area contributed by atoms with Gasteiger partial charge in [-0.3, -0.25) is 0 Å². The molecule has 5 heteroatoms. The second-order valence-electron chi connectivity index (χ2n) is 6.12. The summed E-state index contributed by atoms with van der Waals surface area (Å²) in [5.41, 5.74) is 4.66. The van der Waals surface area contributed by atoms with Crippen molar-refractivity contribution in [3.63, 3.8) is 0 Å². The maximum Gasteiger partial charge on any atom is 0.364 e. The van der Waals surface area contributed by atoms with Crippen molar-refractivity contribution in [3.8, 4) is 0 Å². The molecular weight excluding hydrogens is 368 g/mol. The fraction of sp³-hybridized carbons (Fsp3) is 0.211. The SMILES string of the molecule is COC(=O)[C@@H]1Cc2c([nH]c3ccccc23)[C@H](c2cccc(Br)c2)[NH2+]1. The van der Waals surface area contributed by atoms with Crippen LogP contribution in [-0.2, 0) is 16.0 Å². The third kappa shape index (κ3) is 2.54. The van der Waals surface area contributed by atoms with Crippen LogP contribution in [0.25, 0.3) is 10.9 Å². The van der Waals surface area contributed by atoms with Gasteiger partial charge in [0.15, 0.2) is 12.1 Å². The molecule has 3 aromatic rings. The number of ether oxygens (including phenoxy) is 1. The van der Waals surface area contributed by atoms with Gasteiger partial charge in [-0.1, -0.05) is 46.3 Å². The number of benzene rings is 2. The average Bonchev–Trinajstić information content (AvgIpc) is 2.99. The van der Waals surface area contributed by atoms with E-state index in [1.165, 1.54) is 23.8 Å². The summed E-state index contributed by atoms with van der Waals surface area (Å²) in [6, 6.07) is 16.3. The molecule has 0 saturated heterocycles. The van der Waals surface area contributed by atoms with Gasteiger partial charge >= 0.3 is 5.97 Å². The van der Waals surface area contributed by atoms with E-state index in [1.54, 1.807) is 0 Å². The number of aromatic nitrogens is 1. The number of methoxy groups -OCH3 is 1. The Labute approximate surface area is 148 Å². The van der Waals surface area contributed by atoms with Gasteiger partial charge in [0, 0.05) is 27.4 Å². The van der Waals surface area contributed by atoms with Crippen LogP contribution in [0.5, 0.6) is 0 Å². The van der Waals surface area contributed by atoms with E-state index in [4.69, 9.17) is 4.74 Å². The molecule has 4 rings (SSSR count). The predicted octanol–water partition coefficient (Wildman–Crippen LogP) is 2.68. The van der Waals surface area contributed by atoms with Crippen LogP contribution in [-0.4, -0.2) is 24.1 Å². The predicted molar refractivity (Wildman–Crippen MR) is 95.7 cm³/mol. The van der Waals surface area contributed by atoms with E-state index in [1.807, 2.05) is 24.3 Å². The number of esters is 1. The van der Waals surface area contributed by atoms with E-state index in [2.05, 4.69) is 50.5 Å². The van der Waals surface area contributed by atoms with E-state index in [0.717, 1.165) is 15.6 Å². The van der Waals surface area contributed by atoms with Gasteiger partial charge in [0.2, 0.25) is 0 Å². The lowest BCUT2D eigenvalue weighted by atomic mass is 9.90. The lowest BCUT2D eigenvalue weighted by Gasteiger charge is -2.27. The summed E-state index contributed by atoms with van der Waals surface area (Å²) in [4.78, 5) is 15.8. The fourth-order valence-corrected chi connectivity index (χ4v) is 4.03. The number of carbonyl (C=O) groups is 1. The van der Waals surface area contributed by atoms with Gasteiger partial charge < -0.3 is 15.0 Å². The van der Waals surface area contributed by atoms with Crippen molar-refractivity contribution in [2.45, 2.75) is 18.5 Å². The number of para-hydroxylation sites is 1. The molecule has 1 aliphatic rings. The Balaban J connectivity index is 1.88. The number of halogens is 1. The van der Waals surface area contributed by atoms with Crippen LogP contribution in [0.3, 0.4) is 0 Å². The Kier molecular flexibility index (Phi) is 3.90. The Hall–Kier alpha value is -2.11. The lowest BCUT2D eigenvalue weighted by Crippen LogP contribution is -2.94. The van der Waals surface area contributed by atoms with Crippen molar-refractivity contribution in [1.82, 2.24) is 4.98 Å². The van der Waals surface area contributed by atoms with Crippen LogP contribution in [0.4, 0.5) is 0 Å². The van der Waals surface area contributed by atoms with Gasteiger partial charge in [-0.15, -0.1) is 0 Å². The highest BCUT2D eigenvalue weighted by Gasteiger charge is 2.38. The van der Waals surface area contributed by atoms with Crippen LogP contribution in [0.2, 0.25) is 0 Å². The molecule has 0 amide bonds. The lowest BCUT2D eigenvalue weighted by molar-refractivity contribution is -0.712. The molecule has 122 valence electrons. The molecule has 0 aliphatic carbocycles. The van der Waals surface area contributed by atoms with Crippen molar-refractivity contribution >= 4 is 32.8 Å². The fourth-order valence-electron chi connectivity index (χ4n) is 3.61. The molecule has 0 fully saturated rings. The van der Waals surface area contributed by atoms with E-state index in [0.29, 0.717) is 6.42 Å². The van der Waals surface area contributed by atoms with Crippen LogP contribution in [0.15, 0.2) is 53.0 Å². The van der Waals surface area contributed by atoms with Crippen LogP contribution in [0.1, 0.15) is 22.9 Å². The van der Waals surface area contributed by atoms with Crippen LogP contribution >= 0.6 is 15.9 Å². The summed E-state index contributed by atoms with van der Waals surface area (Å²) in [7, 11) is 1.45. The normalized spacial score (nSPS) is 19.9. The third-order valence-corrected chi connectivity index (χ3v) is 5.21. The second-order valence-corrected chi connectivity index (χ2v) is 7.04. The number of H-pyrrole nitrogens is 1. The molecule has 2 aromatic carbocycles. The number of fused-ring (bicyclic) bond motifs is 3. The molecular formula is C19H18BrN2O2+. The average molecular weight is 386 g/mol. The highest BCUT2D eigenvalue weighted by atomic mass is 79.9. The third-order valence-electron chi connectivity index (χ3n) is 4.72. The molecule has 1 aromatic heterocycles. The number of nitrogens with one attached hydrogen (secondary N) is 1. The summed E-state index contributed by atoms with van der Waals surface area (Å²) in [6.07, 6.45) is 0.677. The smallest absolute Gasteiger partial charge is 0.364 e. The molecule has 0 unspecified atom stereocenters. The van der Waals surface area contributed by atoms with E-state index >= 15 is 0 Å². The molecule has 3 N–H and O–H groups in total. The number of rotatable bonds is 2. The van der Waals surface area contributed by atoms with Crippen LogP contribution < -0.4 is 5.32 Å². The van der Waals surface area contributed by atoms with Crippen molar-refractivity contribution in [3.05, 3.63) is 69.8 Å². The Morgan fingerprint density at radius 2 is 2.08 bits per heavy atom. The first-order valence-electron chi connectivity index (χ1n) is 7.95. The summed E-state index contributed by atoms with van der Waals surface area (Å²) in [5.74, 6) is -0.175. The quantitative estimate of drug-likeness (QED) is 0.666. The number of quaternary nitrogens is 1. The molecule has 2 heterocycles. The minimum atomic E-state index is -0.231. The van der Waals surface area contributed by atoms with Gasteiger partial charge in [-0.2, -0.15) is 0 Å². The first-order chi connectivity index (χ1) is 11.7. The Bertz CT molecular complexity index is 919. The minimum absolute atomic E-state index is 0.0442. The first-order valence-corrected chi connectivity index (χ1v) is 8.74. The topological polar surface area (TPSA) is 58.7 Å². The zero-order valence-corrected chi connectivity index (χ0v) is 14.8. The van der Waals surface area contributed by atoms with E-state index < -0.39 is 0 Å². The second kappa shape index (κ2) is 6.07. The Morgan fingerprint density at radius 3 is 2.88 bits per heavy atom. The zero-order valence-electron chi connectivity index (χ0n) is 13.3. The van der Waals surface area contributed by atoms with E-state index in [-0.39, 0.29) is 18.1 Å². The monoisotopic (exact) mass is 385 g/mol. The van der Waals surface area contributed by atoms with Crippen molar-refractivity contribution in [1.29, 1.82) is 0 Å². The Morgan fingerprint density at radius 1 is 1.25 bits per heavy atom.